The molecule has 1 aromatic carbocycles. The zero-order valence-electron chi connectivity index (χ0n) is 21.8. The van der Waals surface area contributed by atoms with Gasteiger partial charge < -0.3 is 5.32 Å². The highest BCUT2D eigenvalue weighted by Gasteiger charge is 2.33. The highest BCUT2D eigenvalue weighted by atomic mass is 19.3. The van der Waals surface area contributed by atoms with Crippen LogP contribution in [0.2, 0.25) is 0 Å². The summed E-state index contributed by atoms with van der Waals surface area (Å²) < 4.78 is 27.0. The maximum absolute atomic E-state index is 13.5. The SMILES string of the molecule is C=C/C(=C\C)Cc1ccc(NC(=O)c2n[nH]c3ccc(-c4cncc(CN5CCC(F)(F)CC5)c4)cc23)cn1. The van der Waals surface area contributed by atoms with Gasteiger partial charge in [-0.1, -0.05) is 24.8 Å². The summed E-state index contributed by atoms with van der Waals surface area (Å²) in [5, 5.41) is 10.7. The zero-order valence-corrected chi connectivity index (χ0v) is 21.8. The number of fused-ring (bicyclic) bond motifs is 1. The highest BCUT2D eigenvalue weighted by Crippen LogP contribution is 2.30. The number of amides is 1. The lowest BCUT2D eigenvalue weighted by Gasteiger charge is -2.31. The van der Waals surface area contributed by atoms with Crippen LogP contribution in [0.3, 0.4) is 0 Å². The number of alkyl halides is 2. The van der Waals surface area contributed by atoms with E-state index in [1.165, 1.54) is 0 Å². The summed E-state index contributed by atoms with van der Waals surface area (Å²) in [7, 11) is 0. The third-order valence-corrected chi connectivity index (χ3v) is 7.00. The van der Waals surface area contributed by atoms with Gasteiger partial charge in [-0.25, -0.2) is 8.78 Å². The number of likely N-dealkylation sites (tertiary alicyclic amines) is 1. The van der Waals surface area contributed by atoms with Gasteiger partial charge in [-0.3, -0.25) is 24.8 Å². The lowest BCUT2D eigenvalue weighted by atomic mass is 10.0. The third kappa shape index (κ3) is 6.26. The maximum atomic E-state index is 13.5. The van der Waals surface area contributed by atoms with E-state index in [1.807, 2.05) is 54.3 Å². The number of nitrogens with one attached hydrogen (secondary N) is 2. The number of hydrogen-bond acceptors (Lipinski definition) is 5. The Morgan fingerprint density at radius 2 is 1.95 bits per heavy atom. The van der Waals surface area contributed by atoms with Gasteiger partial charge in [0.25, 0.3) is 11.8 Å². The Morgan fingerprint density at radius 3 is 2.67 bits per heavy atom. The van der Waals surface area contributed by atoms with Crippen LogP contribution in [0.4, 0.5) is 14.5 Å². The molecule has 0 saturated carbocycles. The Bertz CT molecular complexity index is 1520. The molecule has 1 fully saturated rings. The van der Waals surface area contributed by atoms with Crippen LogP contribution in [0.25, 0.3) is 22.0 Å². The van der Waals surface area contributed by atoms with Gasteiger partial charge in [0.05, 0.1) is 17.4 Å². The first-order chi connectivity index (χ1) is 18.8. The van der Waals surface area contributed by atoms with Crippen LogP contribution >= 0.6 is 0 Å². The normalized spacial score (nSPS) is 15.8. The molecule has 1 amide bonds. The van der Waals surface area contributed by atoms with E-state index in [-0.39, 0.29) is 24.4 Å². The van der Waals surface area contributed by atoms with Gasteiger partial charge in [0, 0.05) is 67.9 Å². The fourth-order valence-corrected chi connectivity index (χ4v) is 4.69. The van der Waals surface area contributed by atoms with Crippen molar-refractivity contribution in [2.45, 2.75) is 38.7 Å². The van der Waals surface area contributed by atoms with Crippen molar-refractivity contribution in [2.24, 2.45) is 0 Å². The standard InChI is InChI=1S/C30H30F2N6O/c1-3-20(4-2)14-24-6-7-25(18-34-24)35-29(39)28-26-15-22(5-8-27(26)36-37-28)23-13-21(16-33-17-23)19-38-11-9-30(31,32)10-12-38/h3-8,13,15-18H,1,9-12,14,19H2,2H3,(H,35,39)(H,36,37)/b20-4+. The van der Waals surface area contributed by atoms with Gasteiger partial charge in [0.1, 0.15) is 0 Å². The number of carbonyl (C=O) groups is 1. The fourth-order valence-electron chi connectivity index (χ4n) is 4.69. The molecule has 0 spiro atoms. The summed E-state index contributed by atoms with van der Waals surface area (Å²) in [6, 6.07) is 11.4. The minimum Gasteiger partial charge on any atom is -0.319 e. The first-order valence-electron chi connectivity index (χ1n) is 12.9. The van der Waals surface area contributed by atoms with Gasteiger partial charge in [0.15, 0.2) is 5.69 Å². The zero-order chi connectivity index (χ0) is 27.4. The molecule has 3 aromatic heterocycles. The molecule has 9 heteroatoms. The first kappa shape index (κ1) is 26.4. The summed E-state index contributed by atoms with van der Waals surface area (Å²) in [6.07, 6.45) is 9.39. The van der Waals surface area contributed by atoms with Crippen molar-refractivity contribution in [3.63, 3.8) is 0 Å². The number of piperidine rings is 1. The Morgan fingerprint density at radius 1 is 1.13 bits per heavy atom. The number of hydrogen-bond donors (Lipinski definition) is 2. The molecule has 200 valence electrons. The van der Waals surface area contributed by atoms with Crippen LogP contribution in [0.15, 0.2) is 79.3 Å². The molecule has 7 nitrogen and oxygen atoms in total. The van der Waals surface area contributed by atoms with Crippen molar-refractivity contribution >= 4 is 22.5 Å². The largest absolute Gasteiger partial charge is 0.319 e. The first-order valence-corrected chi connectivity index (χ1v) is 12.9. The topological polar surface area (TPSA) is 86.8 Å². The molecule has 5 rings (SSSR count). The van der Waals surface area contributed by atoms with E-state index in [0.29, 0.717) is 37.1 Å². The third-order valence-electron chi connectivity index (χ3n) is 7.00. The Kier molecular flexibility index (Phi) is 7.60. The van der Waals surface area contributed by atoms with E-state index in [0.717, 1.165) is 33.5 Å². The number of halogens is 2. The van der Waals surface area contributed by atoms with Crippen LogP contribution in [-0.4, -0.2) is 50.0 Å². The Hall–Kier alpha value is -4.24. The molecule has 1 saturated heterocycles. The van der Waals surface area contributed by atoms with Crippen LogP contribution < -0.4 is 5.32 Å². The number of aromatic amines is 1. The van der Waals surface area contributed by atoms with E-state index in [2.05, 4.69) is 32.1 Å². The van der Waals surface area contributed by atoms with E-state index < -0.39 is 5.92 Å². The minimum absolute atomic E-state index is 0.116. The number of rotatable bonds is 8. The predicted octanol–water partition coefficient (Wildman–Crippen LogP) is 6.18. The quantitative estimate of drug-likeness (QED) is 0.267. The van der Waals surface area contributed by atoms with Gasteiger partial charge in [-0.15, -0.1) is 0 Å². The molecule has 4 heterocycles. The summed E-state index contributed by atoms with van der Waals surface area (Å²) in [5.74, 6) is -2.91. The van der Waals surface area contributed by atoms with E-state index in [9.17, 15) is 13.6 Å². The summed E-state index contributed by atoms with van der Waals surface area (Å²) in [5.41, 5.74) is 6.25. The summed E-state index contributed by atoms with van der Waals surface area (Å²) >= 11 is 0. The summed E-state index contributed by atoms with van der Waals surface area (Å²) in [4.78, 5) is 23.9. The number of allylic oxidation sites excluding steroid dienone is 3. The van der Waals surface area contributed by atoms with Crippen LogP contribution in [0, 0.1) is 0 Å². The average molecular weight is 529 g/mol. The highest BCUT2D eigenvalue weighted by molar-refractivity contribution is 6.11. The van der Waals surface area contributed by atoms with Crippen molar-refractivity contribution in [2.75, 3.05) is 18.4 Å². The Labute approximate surface area is 225 Å². The monoisotopic (exact) mass is 528 g/mol. The molecule has 0 aliphatic carbocycles. The van der Waals surface area contributed by atoms with Crippen molar-refractivity contribution in [1.29, 1.82) is 0 Å². The number of aromatic nitrogens is 4. The second kappa shape index (κ2) is 11.2. The number of H-pyrrole nitrogens is 1. The van der Waals surface area contributed by atoms with Gasteiger partial charge >= 0.3 is 0 Å². The molecule has 0 bridgehead atoms. The lowest BCUT2D eigenvalue weighted by molar-refractivity contribution is -0.0566. The molecule has 0 unspecified atom stereocenters. The predicted molar refractivity (Wildman–Crippen MR) is 149 cm³/mol. The van der Waals surface area contributed by atoms with Crippen molar-refractivity contribution < 1.29 is 13.6 Å². The molecule has 39 heavy (non-hydrogen) atoms. The van der Waals surface area contributed by atoms with Crippen molar-refractivity contribution in [3.8, 4) is 11.1 Å². The number of nitrogens with zero attached hydrogens (tertiary/aromatic N) is 4. The van der Waals surface area contributed by atoms with Crippen LogP contribution in [-0.2, 0) is 13.0 Å². The molecular weight excluding hydrogens is 498 g/mol. The second-order valence-electron chi connectivity index (χ2n) is 9.78. The number of pyridine rings is 2. The van der Waals surface area contributed by atoms with E-state index >= 15 is 0 Å². The van der Waals surface area contributed by atoms with Gasteiger partial charge in [-0.2, -0.15) is 5.10 Å². The second-order valence-corrected chi connectivity index (χ2v) is 9.78. The number of benzene rings is 1. The van der Waals surface area contributed by atoms with Gasteiger partial charge in [0.2, 0.25) is 0 Å². The lowest BCUT2D eigenvalue weighted by Crippen LogP contribution is -2.38. The average Bonchev–Trinajstić information content (AvgIpc) is 3.37. The van der Waals surface area contributed by atoms with E-state index in [1.54, 1.807) is 24.7 Å². The molecule has 1 aliphatic rings. The molecule has 1 aliphatic heterocycles. The molecule has 2 N–H and O–H groups in total. The molecule has 4 aromatic rings. The van der Waals surface area contributed by atoms with Gasteiger partial charge in [-0.05, 0) is 54.0 Å². The van der Waals surface area contributed by atoms with Crippen molar-refractivity contribution in [3.05, 3.63) is 96.2 Å². The Balaban J connectivity index is 1.31. The number of anilines is 1. The fraction of sp³-hybridized carbons (Fsp3) is 0.267. The minimum atomic E-state index is -2.57. The van der Waals surface area contributed by atoms with E-state index in [4.69, 9.17) is 0 Å². The number of carbonyl (C=O) groups excluding carboxylic acids is 1. The molecule has 0 atom stereocenters. The molecular formula is C30H30F2N6O. The van der Waals surface area contributed by atoms with Crippen LogP contribution in [0.5, 0.6) is 0 Å². The smallest absolute Gasteiger partial charge is 0.276 e. The molecule has 0 radical (unpaired) electrons. The summed E-state index contributed by atoms with van der Waals surface area (Å²) in [6.45, 7) is 7.05. The van der Waals surface area contributed by atoms with Crippen molar-refractivity contribution in [1.82, 2.24) is 25.1 Å². The maximum Gasteiger partial charge on any atom is 0.276 e. The van der Waals surface area contributed by atoms with Crippen LogP contribution in [0.1, 0.15) is 41.5 Å².